The van der Waals surface area contributed by atoms with Gasteiger partial charge in [0.05, 0.1) is 12.1 Å². The van der Waals surface area contributed by atoms with Crippen LogP contribution in [0.25, 0.3) is 11.5 Å². The van der Waals surface area contributed by atoms with E-state index < -0.39 is 0 Å². The van der Waals surface area contributed by atoms with Gasteiger partial charge in [0, 0.05) is 18.4 Å². The third-order valence-corrected chi connectivity index (χ3v) is 4.50. The van der Waals surface area contributed by atoms with Crippen molar-refractivity contribution in [3.8, 4) is 11.5 Å². The Balaban J connectivity index is 0.00000121. The number of fused-ring (bicyclic) bond motifs is 2. The fourth-order valence-electron chi connectivity index (χ4n) is 3.59. The molecule has 4 rings (SSSR count). The summed E-state index contributed by atoms with van der Waals surface area (Å²) in [4.78, 5) is 12.7. The molecule has 0 aliphatic heterocycles. The first kappa shape index (κ1) is 13.5. The van der Waals surface area contributed by atoms with Crippen LogP contribution in [0.4, 0.5) is 0 Å². The van der Waals surface area contributed by atoms with E-state index in [9.17, 15) is 0 Å². The Hall–Kier alpha value is -1.53. The first-order valence-corrected chi connectivity index (χ1v) is 6.68. The molecule has 2 aliphatic rings. The molecule has 6 nitrogen and oxygen atoms in total. The third kappa shape index (κ3) is 1.99. The average Bonchev–Trinajstić information content (AvgIpc) is 3.14. The van der Waals surface area contributed by atoms with E-state index in [4.69, 9.17) is 10.3 Å². The molecule has 2 N–H and O–H groups in total. The van der Waals surface area contributed by atoms with E-state index in [0.29, 0.717) is 29.2 Å². The molecule has 2 aliphatic carbocycles. The smallest absolute Gasteiger partial charge is 0.231 e. The largest absolute Gasteiger partial charge is 0.339 e. The molecule has 2 aromatic heterocycles. The minimum atomic E-state index is 0. The van der Waals surface area contributed by atoms with Gasteiger partial charge in [0.1, 0.15) is 5.69 Å². The molecule has 106 valence electrons. The van der Waals surface area contributed by atoms with Crippen molar-refractivity contribution in [3.63, 3.8) is 0 Å². The van der Waals surface area contributed by atoms with Crippen molar-refractivity contribution in [2.24, 2.45) is 17.6 Å². The van der Waals surface area contributed by atoms with Crippen molar-refractivity contribution < 1.29 is 4.52 Å². The summed E-state index contributed by atoms with van der Waals surface area (Å²) in [6, 6.07) is 0.161. The van der Waals surface area contributed by atoms with Gasteiger partial charge < -0.3 is 10.3 Å². The molecule has 2 bridgehead atoms. The van der Waals surface area contributed by atoms with Crippen LogP contribution in [0.1, 0.15) is 31.1 Å². The Morgan fingerprint density at radius 2 is 2.05 bits per heavy atom. The van der Waals surface area contributed by atoms with Crippen LogP contribution in [0.5, 0.6) is 0 Å². The van der Waals surface area contributed by atoms with Gasteiger partial charge in [-0.25, -0.2) is 4.98 Å². The lowest BCUT2D eigenvalue weighted by atomic mass is 9.85. The first-order valence-electron chi connectivity index (χ1n) is 6.68. The maximum atomic E-state index is 6.29. The van der Waals surface area contributed by atoms with Gasteiger partial charge in [-0.1, -0.05) is 5.16 Å². The summed E-state index contributed by atoms with van der Waals surface area (Å²) >= 11 is 0. The average molecular weight is 294 g/mol. The second kappa shape index (κ2) is 5.10. The molecule has 0 aromatic carbocycles. The number of rotatable bonds is 2. The topological polar surface area (TPSA) is 90.7 Å². The molecule has 2 heterocycles. The highest BCUT2D eigenvalue weighted by Crippen LogP contribution is 2.51. The summed E-state index contributed by atoms with van der Waals surface area (Å²) in [5.41, 5.74) is 6.92. The second-order valence-corrected chi connectivity index (χ2v) is 5.48. The van der Waals surface area contributed by atoms with Crippen LogP contribution in [-0.2, 0) is 0 Å². The van der Waals surface area contributed by atoms with Crippen LogP contribution in [0.3, 0.4) is 0 Å². The fraction of sp³-hybridized carbons (Fsp3) is 0.538. The molecule has 0 amide bonds. The molecule has 0 radical (unpaired) electrons. The number of nitrogens with two attached hydrogens (primary N) is 1. The van der Waals surface area contributed by atoms with Crippen molar-refractivity contribution in [1.82, 2.24) is 20.1 Å². The zero-order valence-corrected chi connectivity index (χ0v) is 11.7. The Bertz CT molecular complexity index is 587. The summed E-state index contributed by atoms with van der Waals surface area (Å²) in [6.07, 6.45) is 8.55. The molecule has 4 unspecified atom stereocenters. The lowest BCUT2D eigenvalue weighted by molar-refractivity contribution is 0.279. The number of halogens is 1. The maximum Gasteiger partial charge on any atom is 0.231 e. The lowest BCUT2D eigenvalue weighted by Crippen LogP contribution is -2.34. The maximum absolute atomic E-state index is 6.29. The molecule has 0 spiro atoms. The molecule has 7 heteroatoms. The highest BCUT2D eigenvalue weighted by atomic mass is 35.5. The molecular formula is C13H16ClN5O. The van der Waals surface area contributed by atoms with Crippen molar-refractivity contribution in [2.45, 2.75) is 31.2 Å². The Kier molecular flexibility index (Phi) is 3.43. The van der Waals surface area contributed by atoms with Gasteiger partial charge in [-0.2, -0.15) is 4.98 Å². The summed E-state index contributed by atoms with van der Waals surface area (Å²) in [5, 5.41) is 4.00. The lowest BCUT2D eigenvalue weighted by Gasteiger charge is -2.24. The molecule has 2 aromatic rings. The van der Waals surface area contributed by atoms with E-state index in [2.05, 4.69) is 20.1 Å². The number of hydrogen-bond donors (Lipinski definition) is 1. The summed E-state index contributed by atoms with van der Waals surface area (Å²) in [6.45, 7) is 0. The van der Waals surface area contributed by atoms with E-state index in [0.717, 1.165) is 0 Å². The van der Waals surface area contributed by atoms with E-state index in [1.807, 2.05) is 0 Å². The minimum absolute atomic E-state index is 0. The Labute approximate surface area is 122 Å². The number of hydrogen-bond acceptors (Lipinski definition) is 6. The summed E-state index contributed by atoms with van der Waals surface area (Å²) in [5.74, 6) is 2.62. The standard InChI is InChI=1S/C13H15N5O.ClH/c14-11-8-2-1-7(5-8)10(11)13-17-12(18-19-13)9-6-15-3-4-16-9;/h3-4,6-8,10-11H,1-2,5,14H2;1H. The van der Waals surface area contributed by atoms with E-state index in [-0.39, 0.29) is 24.4 Å². The fourth-order valence-corrected chi connectivity index (χ4v) is 3.59. The monoisotopic (exact) mass is 293 g/mol. The normalized spacial score (nSPS) is 31.2. The molecule has 20 heavy (non-hydrogen) atoms. The SMILES string of the molecule is Cl.NC1C2CCC(C2)C1c1nc(-c2cnccn2)no1. The van der Waals surface area contributed by atoms with Crippen LogP contribution in [0.2, 0.25) is 0 Å². The molecule has 2 fully saturated rings. The van der Waals surface area contributed by atoms with Gasteiger partial charge in [0.25, 0.3) is 0 Å². The summed E-state index contributed by atoms with van der Waals surface area (Å²) in [7, 11) is 0. The zero-order valence-electron chi connectivity index (χ0n) is 10.8. The van der Waals surface area contributed by atoms with Crippen molar-refractivity contribution >= 4 is 12.4 Å². The number of aromatic nitrogens is 4. The Morgan fingerprint density at radius 3 is 2.75 bits per heavy atom. The van der Waals surface area contributed by atoms with Crippen LogP contribution in [0, 0.1) is 11.8 Å². The van der Waals surface area contributed by atoms with Crippen molar-refractivity contribution in [2.75, 3.05) is 0 Å². The summed E-state index contributed by atoms with van der Waals surface area (Å²) < 4.78 is 5.42. The van der Waals surface area contributed by atoms with Crippen LogP contribution >= 0.6 is 12.4 Å². The highest BCUT2D eigenvalue weighted by molar-refractivity contribution is 5.85. The quantitative estimate of drug-likeness (QED) is 0.908. The molecular weight excluding hydrogens is 278 g/mol. The van der Waals surface area contributed by atoms with Gasteiger partial charge in [-0.15, -0.1) is 12.4 Å². The minimum Gasteiger partial charge on any atom is -0.339 e. The van der Waals surface area contributed by atoms with Gasteiger partial charge in [0.15, 0.2) is 0 Å². The third-order valence-electron chi connectivity index (χ3n) is 4.50. The van der Waals surface area contributed by atoms with E-state index in [1.165, 1.54) is 19.3 Å². The Morgan fingerprint density at radius 1 is 1.20 bits per heavy atom. The van der Waals surface area contributed by atoms with Gasteiger partial charge in [-0.05, 0) is 31.1 Å². The van der Waals surface area contributed by atoms with E-state index in [1.54, 1.807) is 18.6 Å². The number of nitrogens with zero attached hydrogens (tertiary/aromatic N) is 4. The van der Waals surface area contributed by atoms with Crippen LogP contribution in [0.15, 0.2) is 23.1 Å². The zero-order chi connectivity index (χ0) is 12.8. The molecule has 2 saturated carbocycles. The predicted molar refractivity (Wildman–Crippen MR) is 74.1 cm³/mol. The molecule has 0 saturated heterocycles. The second-order valence-electron chi connectivity index (χ2n) is 5.48. The molecule has 4 atom stereocenters. The van der Waals surface area contributed by atoms with Crippen LogP contribution < -0.4 is 5.73 Å². The van der Waals surface area contributed by atoms with E-state index >= 15 is 0 Å². The van der Waals surface area contributed by atoms with Crippen molar-refractivity contribution in [3.05, 3.63) is 24.5 Å². The highest BCUT2D eigenvalue weighted by Gasteiger charge is 2.48. The first-order chi connectivity index (χ1) is 9.33. The van der Waals surface area contributed by atoms with Crippen molar-refractivity contribution in [1.29, 1.82) is 0 Å². The predicted octanol–water partition coefficient (Wildman–Crippen LogP) is 1.79. The van der Waals surface area contributed by atoms with Gasteiger partial charge in [-0.3, -0.25) is 4.98 Å². The van der Waals surface area contributed by atoms with Gasteiger partial charge >= 0.3 is 0 Å². The van der Waals surface area contributed by atoms with Crippen LogP contribution in [-0.4, -0.2) is 26.2 Å². The van der Waals surface area contributed by atoms with Gasteiger partial charge in [0.2, 0.25) is 11.7 Å².